The highest BCUT2D eigenvalue weighted by molar-refractivity contribution is 6.74. The topological polar surface area (TPSA) is 93.5 Å². The average Bonchev–Trinajstić information content (AvgIpc) is 2.89. The quantitative estimate of drug-likeness (QED) is 0.782. The molecule has 7 nitrogen and oxygen atoms in total. The number of aliphatic hydroxyl groups excluding tert-OH is 1. The molecule has 1 fully saturated rings. The predicted octanol–water partition coefficient (Wildman–Crippen LogP) is 1.60. The van der Waals surface area contributed by atoms with E-state index in [1.807, 2.05) is 0 Å². The molecule has 8 heteroatoms. The first kappa shape index (κ1) is 19.1. The highest BCUT2D eigenvalue weighted by Crippen LogP contribution is 2.40. The van der Waals surface area contributed by atoms with Crippen LogP contribution in [0.5, 0.6) is 0 Å². The van der Waals surface area contributed by atoms with Gasteiger partial charge in [0.15, 0.2) is 8.32 Å². The Labute approximate surface area is 142 Å². The molecule has 0 amide bonds. The molecule has 1 aliphatic rings. The lowest BCUT2D eigenvalue weighted by atomic mass is 10.0. The number of hydrogen-bond donors (Lipinski definition) is 2. The van der Waals surface area contributed by atoms with Crippen LogP contribution in [0.2, 0.25) is 18.1 Å². The number of aromatic amines is 1. The molecule has 0 aromatic carbocycles. The number of rotatable bonds is 5. The molecule has 2 N–H and O–H groups in total. The van der Waals surface area contributed by atoms with Crippen molar-refractivity contribution in [1.29, 1.82) is 0 Å². The predicted molar refractivity (Wildman–Crippen MR) is 93.6 cm³/mol. The van der Waals surface area contributed by atoms with Crippen LogP contribution in [0.1, 0.15) is 39.8 Å². The van der Waals surface area contributed by atoms with E-state index in [9.17, 15) is 14.7 Å². The van der Waals surface area contributed by atoms with E-state index in [1.54, 1.807) is 0 Å². The van der Waals surface area contributed by atoms with Gasteiger partial charge in [-0.15, -0.1) is 0 Å². The van der Waals surface area contributed by atoms with Gasteiger partial charge < -0.3 is 14.3 Å². The summed E-state index contributed by atoms with van der Waals surface area (Å²) < 4.78 is 13.6. The molecule has 2 heterocycles. The normalized spacial score (nSPS) is 25.2. The van der Waals surface area contributed by atoms with Crippen LogP contribution in [0.3, 0.4) is 0 Å². The van der Waals surface area contributed by atoms with E-state index in [0.29, 0.717) is 19.4 Å². The van der Waals surface area contributed by atoms with Crippen molar-refractivity contribution in [2.24, 2.45) is 0 Å². The Morgan fingerprint density at radius 2 is 2.12 bits per heavy atom. The van der Waals surface area contributed by atoms with Gasteiger partial charge in [-0.05, 0) is 31.0 Å². The third-order valence-electron chi connectivity index (χ3n) is 5.18. The van der Waals surface area contributed by atoms with Crippen LogP contribution in [0, 0.1) is 0 Å². The van der Waals surface area contributed by atoms with Crippen molar-refractivity contribution in [3.05, 3.63) is 33.1 Å². The third-order valence-corrected chi connectivity index (χ3v) is 9.66. The summed E-state index contributed by atoms with van der Waals surface area (Å²) in [6.07, 6.45) is 2.08. The van der Waals surface area contributed by atoms with Crippen molar-refractivity contribution in [2.75, 3.05) is 13.2 Å². The van der Waals surface area contributed by atoms with Gasteiger partial charge in [0.25, 0.3) is 5.56 Å². The van der Waals surface area contributed by atoms with Crippen LogP contribution >= 0.6 is 0 Å². The molecule has 2 atom stereocenters. The van der Waals surface area contributed by atoms with Gasteiger partial charge in [-0.2, -0.15) is 0 Å². The second-order valence-corrected chi connectivity index (χ2v) is 12.8. The zero-order chi connectivity index (χ0) is 18.2. The molecule has 1 aliphatic heterocycles. The van der Waals surface area contributed by atoms with E-state index in [-0.39, 0.29) is 11.6 Å². The first-order chi connectivity index (χ1) is 11.0. The first-order valence-corrected chi connectivity index (χ1v) is 11.1. The minimum absolute atomic E-state index is 0.0670. The highest BCUT2D eigenvalue weighted by Gasteiger charge is 2.45. The van der Waals surface area contributed by atoms with Gasteiger partial charge in [0.2, 0.25) is 0 Å². The SMILES string of the molecule is CC(C)(C)[Si](C)(C)OC[C@@]1(CO)CC[C@H](n2ccc(=O)[nH]c2=O)O1. The second-order valence-electron chi connectivity index (χ2n) is 8.02. The number of H-pyrrole nitrogens is 1. The molecule has 1 aromatic heterocycles. The number of nitrogens with one attached hydrogen (secondary N) is 1. The maximum Gasteiger partial charge on any atom is 0.330 e. The number of aromatic nitrogens is 2. The van der Waals surface area contributed by atoms with Crippen molar-refractivity contribution in [3.8, 4) is 0 Å². The number of hydrogen-bond acceptors (Lipinski definition) is 5. The van der Waals surface area contributed by atoms with Crippen molar-refractivity contribution >= 4 is 8.32 Å². The summed E-state index contributed by atoms with van der Waals surface area (Å²) in [5.41, 5.74) is -1.76. The van der Waals surface area contributed by atoms with Gasteiger partial charge in [0, 0.05) is 12.3 Å². The van der Waals surface area contributed by atoms with Crippen molar-refractivity contribution in [1.82, 2.24) is 9.55 Å². The molecule has 0 bridgehead atoms. The van der Waals surface area contributed by atoms with Crippen molar-refractivity contribution < 1.29 is 14.3 Å². The fourth-order valence-corrected chi connectivity index (χ4v) is 3.50. The van der Waals surface area contributed by atoms with E-state index in [2.05, 4.69) is 38.8 Å². The van der Waals surface area contributed by atoms with Crippen LogP contribution in [0.4, 0.5) is 0 Å². The van der Waals surface area contributed by atoms with Crippen LogP contribution < -0.4 is 11.2 Å². The minimum Gasteiger partial charge on any atom is -0.414 e. The number of ether oxygens (including phenoxy) is 1. The average molecular weight is 356 g/mol. The van der Waals surface area contributed by atoms with Crippen LogP contribution in [-0.4, -0.2) is 41.8 Å². The maximum atomic E-state index is 11.9. The molecule has 136 valence electrons. The molecule has 24 heavy (non-hydrogen) atoms. The molecule has 1 aromatic rings. The Kier molecular flexibility index (Phi) is 5.24. The van der Waals surface area contributed by atoms with Crippen LogP contribution in [-0.2, 0) is 9.16 Å². The lowest BCUT2D eigenvalue weighted by molar-refractivity contribution is -0.119. The monoisotopic (exact) mass is 356 g/mol. The van der Waals surface area contributed by atoms with Crippen molar-refractivity contribution in [2.45, 2.75) is 63.6 Å². The molecule has 0 unspecified atom stereocenters. The lowest BCUT2D eigenvalue weighted by Gasteiger charge is -2.39. The Morgan fingerprint density at radius 3 is 2.67 bits per heavy atom. The van der Waals surface area contributed by atoms with Gasteiger partial charge in [-0.25, -0.2) is 4.79 Å². The van der Waals surface area contributed by atoms with E-state index in [1.165, 1.54) is 16.8 Å². The fraction of sp³-hybridized carbons (Fsp3) is 0.750. The van der Waals surface area contributed by atoms with Gasteiger partial charge in [0.05, 0.1) is 13.2 Å². The summed E-state index contributed by atoms with van der Waals surface area (Å²) in [6, 6.07) is 1.29. The van der Waals surface area contributed by atoms with Gasteiger partial charge in [0.1, 0.15) is 11.8 Å². The molecule has 0 radical (unpaired) electrons. The zero-order valence-electron chi connectivity index (χ0n) is 15.1. The lowest BCUT2D eigenvalue weighted by Crippen LogP contribution is -2.48. The maximum absolute atomic E-state index is 11.9. The van der Waals surface area contributed by atoms with Crippen LogP contribution in [0.15, 0.2) is 21.9 Å². The number of nitrogens with zero attached hydrogens (tertiary/aromatic N) is 1. The number of aliphatic hydroxyl groups is 1. The summed E-state index contributed by atoms with van der Waals surface area (Å²) >= 11 is 0. The smallest absolute Gasteiger partial charge is 0.330 e. The minimum atomic E-state index is -1.96. The second kappa shape index (κ2) is 6.59. The van der Waals surface area contributed by atoms with E-state index in [0.717, 1.165) is 0 Å². The molecule has 1 saturated heterocycles. The van der Waals surface area contributed by atoms with Gasteiger partial charge in [-0.3, -0.25) is 14.3 Å². The van der Waals surface area contributed by atoms with Crippen molar-refractivity contribution in [3.63, 3.8) is 0 Å². The van der Waals surface area contributed by atoms with E-state index >= 15 is 0 Å². The third kappa shape index (κ3) is 3.88. The largest absolute Gasteiger partial charge is 0.414 e. The molecular formula is C16H28N2O5Si. The van der Waals surface area contributed by atoms with Gasteiger partial charge >= 0.3 is 5.69 Å². The molecular weight excluding hydrogens is 328 g/mol. The van der Waals surface area contributed by atoms with Crippen LogP contribution in [0.25, 0.3) is 0 Å². The molecule has 0 saturated carbocycles. The van der Waals surface area contributed by atoms with E-state index < -0.39 is 31.4 Å². The summed E-state index contributed by atoms with van der Waals surface area (Å²) in [5, 5.41) is 9.93. The highest BCUT2D eigenvalue weighted by atomic mass is 28.4. The zero-order valence-corrected chi connectivity index (χ0v) is 16.1. The first-order valence-electron chi connectivity index (χ1n) is 8.24. The Balaban J connectivity index is 2.13. The molecule has 0 spiro atoms. The Hall–Kier alpha value is -1.22. The summed E-state index contributed by atoms with van der Waals surface area (Å²) in [7, 11) is -1.96. The standard InChI is InChI=1S/C16H28N2O5Si/c1-15(2,3)24(4,5)22-11-16(10-19)8-6-13(23-16)18-9-7-12(20)17-14(18)21/h7,9,13,19H,6,8,10-11H2,1-5H3,(H,17,20,21)/t13-,16+/m1/s1. The summed E-state index contributed by atoms with van der Waals surface area (Å²) in [6.45, 7) is 10.9. The van der Waals surface area contributed by atoms with E-state index in [4.69, 9.17) is 9.16 Å². The fourth-order valence-electron chi connectivity index (χ4n) is 2.44. The molecule has 0 aliphatic carbocycles. The summed E-state index contributed by atoms with van der Waals surface area (Å²) in [5.74, 6) is 0. The summed E-state index contributed by atoms with van der Waals surface area (Å²) in [4.78, 5) is 25.3. The molecule has 2 rings (SSSR count). The Bertz CT molecular complexity index is 691. The Morgan fingerprint density at radius 1 is 1.46 bits per heavy atom. The van der Waals surface area contributed by atoms with Gasteiger partial charge in [-0.1, -0.05) is 20.8 Å².